The number of alkyl halides is 3. The summed E-state index contributed by atoms with van der Waals surface area (Å²) >= 11 is 0. The monoisotopic (exact) mass is 308 g/mol. The number of hydrogen-bond acceptors (Lipinski definition) is 4. The first-order chi connectivity index (χ1) is 9.76. The fourth-order valence-corrected chi connectivity index (χ4v) is 3.28. The first kappa shape index (κ1) is 17.0. The third-order valence-corrected chi connectivity index (χ3v) is 4.45. The van der Waals surface area contributed by atoms with E-state index in [-0.39, 0.29) is 5.54 Å². The first-order valence-corrected chi connectivity index (χ1v) is 7.73. The maximum atomic E-state index is 12.4. The highest BCUT2D eigenvalue weighted by molar-refractivity contribution is 4.89. The molecule has 0 bridgehead atoms. The summed E-state index contributed by atoms with van der Waals surface area (Å²) in [4.78, 5) is 6.29. The van der Waals surface area contributed by atoms with Crippen molar-refractivity contribution in [3.63, 3.8) is 0 Å². The second-order valence-corrected chi connectivity index (χ2v) is 6.72. The van der Waals surface area contributed by atoms with Gasteiger partial charge in [0.2, 0.25) is 0 Å². The normalized spacial score (nSPS) is 24.4. The lowest BCUT2D eigenvalue weighted by molar-refractivity contribution is -0.149. The smallest absolute Gasteiger partial charge is 0.314 e. The van der Waals surface area contributed by atoms with Crippen molar-refractivity contribution in [1.29, 1.82) is 0 Å². The second-order valence-electron chi connectivity index (χ2n) is 6.72. The maximum absolute atomic E-state index is 12.4. The van der Waals surface area contributed by atoms with Crippen molar-refractivity contribution in [3.05, 3.63) is 0 Å². The van der Waals surface area contributed by atoms with Crippen molar-refractivity contribution in [2.24, 2.45) is 0 Å². The van der Waals surface area contributed by atoms with Gasteiger partial charge in [-0.1, -0.05) is 0 Å². The van der Waals surface area contributed by atoms with Crippen LogP contribution in [0.15, 0.2) is 0 Å². The van der Waals surface area contributed by atoms with Crippen LogP contribution in [-0.4, -0.2) is 91.9 Å². The third kappa shape index (κ3) is 5.39. The van der Waals surface area contributed by atoms with Crippen LogP contribution in [0.4, 0.5) is 13.2 Å². The molecule has 0 unspecified atom stereocenters. The van der Waals surface area contributed by atoms with Crippen molar-refractivity contribution in [2.75, 3.05) is 65.4 Å². The Morgan fingerprint density at radius 3 is 1.76 bits per heavy atom. The van der Waals surface area contributed by atoms with Crippen molar-refractivity contribution < 1.29 is 13.2 Å². The molecule has 124 valence electrons. The van der Waals surface area contributed by atoms with Crippen LogP contribution in [0.25, 0.3) is 0 Å². The van der Waals surface area contributed by atoms with Gasteiger partial charge in [0.1, 0.15) is 0 Å². The summed E-state index contributed by atoms with van der Waals surface area (Å²) < 4.78 is 37.2. The molecule has 4 nitrogen and oxygen atoms in total. The molecule has 0 atom stereocenters. The number of nitrogens with one attached hydrogen (secondary N) is 1. The van der Waals surface area contributed by atoms with Gasteiger partial charge in [-0.05, 0) is 13.8 Å². The molecule has 2 saturated heterocycles. The van der Waals surface area contributed by atoms with Gasteiger partial charge in [0, 0.05) is 64.4 Å². The molecule has 2 heterocycles. The molecule has 7 heteroatoms. The SMILES string of the molecule is CC(C)(CN1CCN(CC(F)(F)F)CC1)N1CCNCC1. The van der Waals surface area contributed by atoms with Gasteiger partial charge in [-0.25, -0.2) is 0 Å². The van der Waals surface area contributed by atoms with Crippen LogP contribution >= 0.6 is 0 Å². The molecule has 2 rings (SSSR count). The zero-order valence-corrected chi connectivity index (χ0v) is 13.0. The van der Waals surface area contributed by atoms with Crippen LogP contribution in [0.2, 0.25) is 0 Å². The van der Waals surface area contributed by atoms with Gasteiger partial charge in [0.05, 0.1) is 6.54 Å². The Hall–Kier alpha value is -0.370. The minimum atomic E-state index is -4.08. The molecule has 1 N–H and O–H groups in total. The number of piperazine rings is 2. The Morgan fingerprint density at radius 2 is 1.29 bits per heavy atom. The molecule has 2 aliphatic rings. The van der Waals surface area contributed by atoms with Crippen LogP contribution in [0.3, 0.4) is 0 Å². The van der Waals surface area contributed by atoms with Gasteiger partial charge in [0.15, 0.2) is 0 Å². The topological polar surface area (TPSA) is 21.8 Å². The van der Waals surface area contributed by atoms with E-state index in [1.165, 1.54) is 4.90 Å². The first-order valence-electron chi connectivity index (χ1n) is 7.73. The van der Waals surface area contributed by atoms with Crippen molar-refractivity contribution >= 4 is 0 Å². The number of rotatable bonds is 4. The molecule has 0 saturated carbocycles. The summed E-state index contributed by atoms with van der Waals surface area (Å²) in [6.45, 7) is 11.2. The molecule has 0 aromatic carbocycles. The largest absolute Gasteiger partial charge is 0.401 e. The van der Waals surface area contributed by atoms with Crippen molar-refractivity contribution in [2.45, 2.75) is 25.6 Å². The summed E-state index contributed by atoms with van der Waals surface area (Å²) in [6, 6.07) is 0. The summed E-state index contributed by atoms with van der Waals surface area (Å²) in [5, 5.41) is 3.35. The minimum Gasteiger partial charge on any atom is -0.314 e. The quantitative estimate of drug-likeness (QED) is 0.831. The van der Waals surface area contributed by atoms with E-state index in [0.717, 1.165) is 45.8 Å². The van der Waals surface area contributed by atoms with Gasteiger partial charge in [0.25, 0.3) is 0 Å². The van der Waals surface area contributed by atoms with Crippen molar-refractivity contribution in [1.82, 2.24) is 20.0 Å². The number of halogens is 3. The Kier molecular flexibility index (Phi) is 5.51. The Labute approximate surface area is 125 Å². The number of hydrogen-bond donors (Lipinski definition) is 1. The Balaban J connectivity index is 1.77. The van der Waals surface area contributed by atoms with Crippen molar-refractivity contribution in [3.8, 4) is 0 Å². The number of nitrogens with zero attached hydrogens (tertiary/aromatic N) is 3. The molecule has 0 amide bonds. The zero-order valence-electron chi connectivity index (χ0n) is 13.0. The predicted octanol–water partition coefficient (Wildman–Crippen LogP) is 0.850. The van der Waals surface area contributed by atoms with Crippen LogP contribution in [-0.2, 0) is 0 Å². The standard InChI is InChI=1S/C14H27F3N4/c1-13(2,21-5-3-18-4-6-21)11-19-7-9-20(10-8-19)12-14(15,16)17/h18H,3-12H2,1-2H3. The van der Waals surface area contributed by atoms with E-state index in [1.54, 1.807) is 0 Å². The van der Waals surface area contributed by atoms with Crippen LogP contribution in [0, 0.1) is 0 Å². The van der Waals surface area contributed by atoms with Gasteiger partial charge >= 0.3 is 6.18 Å². The Bertz CT molecular complexity index is 319. The van der Waals surface area contributed by atoms with E-state index >= 15 is 0 Å². The average Bonchev–Trinajstić information content (AvgIpc) is 2.40. The summed E-state index contributed by atoms with van der Waals surface area (Å²) in [7, 11) is 0. The highest BCUT2D eigenvalue weighted by atomic mass is 19.4. The third-order valence-electron chi connectivity index (χ3n) is 4.45. The van der Waals surface area contributed by atoms with E-state index in [1.807, 2.05) is 0 Å². The summed E-state index contributed by atoms with van der Waals surface area (Å²) in [5.74, 6) is 0. The molecule has 21 heavy (non-hydrogen) atoms. The van der Waals surface area contributed by atoms with Crippen LogP contribution < -0.4 is 5.32 Å². The maximum Gasteiger partial charge on any atom is 0.401 e. The van der Waals surface area contributed by atoms with Gasteiger partial charge in [-0.2, -0.15) is 13.2 Å². The zero-order chi connectivity index (χ0) is 15.5. The van der Waals surface area contributed by atoms with Gasteiger partial charge in [-0.15, -0.1) is 0 Å². The molecule has 0 aromatic rings. The summed E-state index contributed by atoms with van der Waals surface area (Å²) in [5.41, 5.74) is 0.0777. The van der Waals surface area contributed by atoms with Gasteiger partial charge < -0.3 is 5.32 Å². The van der Waals surface area contributed by atoms with Gasteiger partial charge in [-0.3, -0.25) is 14.7 Å². The highest BCUT2D eigenvalue weighted by Crippen LogP contribution is 2.20. The van der Waals surface area contributed by atoms with E-state index in [0.29, 0.717) is 13.1 Å². The average molecular weight is 308 g/mol. The van der Waals surface area contributed by atoms with Crippen LogP contribution in [0.5, 0.6) is 0 Å². The lowest BCUT2D eigenvalue weighted by atomic mass is 10.0. The minimum absolute atomic E-state index is 0.0777. The predicted molar refractivity (Wildman–Crippen MR) is 77.5 cm³/mol. The fraction of sp³-hybridized carbons (Fsp3) is 1.00. The molecular weight excluding hydrogens is 281 g/mol. The molecule has 0 aliphatic carbocycles. The fourth-order valence-electron chi connectivity index (χ4n) is 3.28. The molecule has 0 spiro atoms. The lowest BCUT2D eigenvalue weighted by Crippen LogP contribution is -2.60. The highest BCUT2D eigenvalue weighted by Gasteiger charge is 2.34. The van der Waals surface area contributed by atoms with E-state index < -0.39 is 12.7 Å². The lowest BCUT2D eigenvalue weighted by Gasteiger charge is -2.45. The molecule has 0 radical (unpaired) electrons. The second kappa shape index (κ2) is 6.81. The van der Waals surface area contributed by atoms with Crippen LogP contribution in [0.1, 0.15) is 13.8 Å². The molecule has 0 aromatic heterocycles. The van der Waals surface area contributed by atoms with E-state index in [9.17, 15) is 13.2 Å². The molecular formula is C14H27F3N4. The molecule has 2 aliphatic heterocycles. The molecule has 2 fully saturated rings. The Morgan fingerprint density at radius 1 is 0.810 bits per heavy atom. The van der Waals surface area contributed by atoms with E-state index in [4.69, 9.17) is 0 Å². The summed E-state index contributed by atoms with van der Waals surface area (Å²) in [6.07, 6.45) is -4.08. The van der Waals surface area contributed by atoms with E-state index in [2.05, 4.69) is 29.0 Å².